The summed E-state index contributed by atoms with van der Waals surface area (Å²) in [5.74, 6) is -4.78. The maximum Gasteiger partial charge on any atom is 0.457 e. The molecule has 0 aromatic heterocycles. The van der Waals surface area contributed by atoms with E-state index in [2.05, 4.69) is 0 Å². The van der Waals surface area contributed by atoms with E-state index in [1.54, 1.807) is 6.92 Å². The number of hydrogen-bond donors (Lipinski definition) is 0. The second-order valence-electron chi connectivity index (χ2n) is 3.03. The van der Waals surface area contributed by atoms with E-state index >= 15 is 0 Å². The number of hydrogen-bond acceptors (Lipinski definition) is 1. The smallest absolute Gasteiger partial charge is 0.377 e. The number of ether oxygens (including phenoxy) is 1. The monoisotopic (exact) mass is 232 g/mol. The molecule has 0 rings (SSSR count). The minimum Gasteiger partial charge on any atom is -0.377 e. The van der Waals surface area contributed by atoms with E-state index in [0.29, 0.717) is 13.0 Å². The highest BCUT2D eigenvalue weighted by Crippen LogP contribution is 2.40. The fourth-order valence-electron chi connectivity index (χ4n) is 0.763. The predicted octanol–water partition coefficient (Wildman–Crippen LogP) is 3.56. The molecule has 0 saturated heterocycles. The largest absolute Gasteiger partial charge is 0.457 e. The molecule has 0 fully saturated rings. The number of halogens is 5. The Hall–Kier alpha value is -0.650. The van der Waals surface area contributed by atoms with E-state index in [1.165, 1.54) is 0 Å². The summed E-state index contributed by atoms with van der Waals surface area (Å²) in [6.07, 6.45) is -4.11. The zero-order valence-corrected chi connectivity index (χ0v) is 8.50. The highest BCUT2D eigenvalue weighted by atomic mass is 19.4. The van der Waals surface area contributed by atoms with Gasteiger partial charge in [-0.1, -0.05) is 13.0 Å². The molecule has 90 valence electrons. The highest BCUT2D eigenvalue weighted by Gasteiger charge is 2.58. The molecular weight excluding hydrogens is 219 g/mol. The van der Waals surface area contributed by atoms with Crippen LogP contribution in [0, 0.1) is 0 Å². The first kappa shape index (κ1) is 14.3. The van der Waals surface area contributed by atoms with E-state index in [-0.39, 0.29) is 6.61 Å². The Morgan fingerprint density at radius 1 is 1.20 bits per heavy atom. The van der Waals surface area contributed by atoms with Gasteiger partial charge in [-0.3, -0.25) is 0 Å². The van der Waals surface area contributed by atoms with Crippen LogP contribution in [0.25, 0.3) is 0 Å². The third-order valence-corrected chi connectivity index (χ3v) is 1.71. The fourth-order valence-corrected chi connectivity index (χ4v) is 0.763. The molecule has 0 aliphatic rings. The number of allylic oxidation sites excluding steroid dienone is 1. The summed E-state index contributed by atoms with van der Waals surface area (Å²) < 4.78 is 65.4. The molecule has 0 radical (unpaired) electrons. The van der Waals surface area contributed by atoms with Crippen LogP contribution >= 0.6 is 0 Å². The zero-order valence-electron chi connectivity index (χ0n) is 8.50. The van der Waals surface area contributed by atoms with Gasteiger partial charge in [0.05, 0.1) is 6.61 Å². The first-order valence-electron chi connectivity index (χ1n) is 4.43. The topological polar surface area (TPSA) is 9.23 Å². The van der Waals surface area contributed by atoms with Crippen molar-refractivity contribution in [3.8, 4) is 0 Å². The molecule has 0 spiro atoms. The van der Waals surface area contributed by atoms with Gasteiger partial charge in [-0.25, -0.2) is 0 Å². The van der Waals surface area contributed by atoms with Crippen molar-refractivity contribution in [2.24, 2.45) is 0 Å². The molecule has 0 saturated carbocycles. The average molecular weight is 232 g/mol. The van der Waals surface area contributed by atoms with Crippen LogP contribution in [-0.2, 0) is 4.74 Å². The molecule has 0 aromatic rings. The minimum absolute atomic E-state index is 0.231. The first-order chi connectivity index (χ1) is 6.73. The Morgan fingerprint density at radius 2 is 1.73 bits per heavy atom. The third-order valence-electron chi connectivity index (χ3n) is 1.71. The summed E-state index contributed by atoms with van der Waals surface area (Å²) in [4.78, 5) is 0. The van der Waals surface area contributed by atoms with Gasteiger partial charge in [0.15, 0.2) is 0 Å². The van der Waals surface area contributed by atoms with Crippen molar-refractivity contribution in [3.05, 3.63) is 11.6 Å². The maximum atomic E-state index is 12.6. The van der Waals surface area contributed by atoms with E-state index in [9.17, 15) is 22.0 Å². The second-order valence-corrected chi connectivity index (χ2v) is 3.03. The Labute approximate surface area is 84.9 Å². The summed E-state index contributed by atoms with van der Waals surface area (Å²) in [7, 11) is 0. The molecular formula is C9H13F5O. The highest BCUT2D eigenvalue weighted by molar-refractivity contribution is 5.12. The zero-order chi connectivity index (χ0) is 12.1. The Bertz CT molecular complexity index is 219. The Kier molecular flexibility index (Phi) is 5.20. The standard InChI is InChI=1S/C9H13F5O/c1-3-5-15-6-4-7(2)8(10,11)9(12,13)14/h4H,3,5-6H2,1-2H3. The van der Waals surface area contributed by atoms with Crippen molar-refractivity contribution in [3.63, 3.8) is 0 Å². The predicted molar refractivity (Wildman–Crippen MR) is 45.9 cm³/mol. The molecule has 0 unspecified atom stereocenters. The maximum absolute atomic E-state index is 12.6. The van der Waals surface area contributed by atoms with Crippen LogP contribution in [0.3, 0.4) is 0 Å². The van der Waals surface area contributed by atoms with Gasteiger partial charge in [0.25, 0.3) is 0 Å². The summed E-state index contributed by atoms with van der Waals surface area (Å²) in [6.45, 7) is 2.65. The van der Waals surface area contributed by atoms with Gasteiger partial charge < -0.3 is 4.74 Å². The Morgan fingerprint density at radius 3 is 2.13 bits per heavy atom. The van der Waals surface area contributed by atoms with Crippen molar-refractivity contribution in [2.45, 2.75) is 32.4 Å². The lowest BCUT2D eigenvalue weighted by atomic mass is 10.1. The summed E-state index contributed by atoms with van der Waals surface area (Å²) in [6, 6.07) is 0. The summed E-state index contributed by atoms with van der Waals surface area (Å²) in [5, 5.41) is 0. The van der Waals surface area contributed by atoms with Crippen molar-refractivity contribution in [2.75, 3.05) is 13.2 Å². The van der Waals surface area contributed by atoms with Gasteiger partial charge in [-0.2, -0.15) is 22.0 Å². The van der Waals surface area contributed by atoms with E-state index in [1.807, 2.05) is 0 Å². The number of alkyl halides is 5. The summed E-state index contributed by atoms with van der Waals surface area (Å²) >= 11 is 0. The van der Waals surface area contributed by atoms with Crippen LogP contribution in [0.15, 0.2) is 11.6 Å². The molecule has 0 aromatic carbocycles. The van der Waals surface area contributed by atoms with Crippen molar-refractivity contribution in [1.29, 1.82) is 0 Å². The molecule has 0 N–H and O–H groups in total. The van der Waals surface area contributed by atoms with E-state index in [0.717, 1.165) is 13.0 Å². The Balaban J connectivity index is 4.35. The van der Waals surface area contributed by atoms with E-state index in [4.69, 9.17) is 4.74 Å². The van der Waals surface area contributed by atoms with Crippen LogP contribution in [0.4, 0.5) is 22.0 Å². The molecule has 0 amide bonds. The summed E-state index contributed by atoms with van der Waals surface area (Å²) in [5.41, 5.74) is -1.04. The molecule has 0 bridgehead atoms. The van der Waals surface area contributed by atoms with Gasteiger partial charge in [0, 0.05) is 12.2 Å². The first-order valence-corrected chi connectivity index (χ1v) is 4.43. The normalized spacial score (nSPS) is 14.5. The molecule has 0 aliphatic heterocycles. The van der Waals surface area contributed by atoms with Gasteiger partial charge in [-0.15, -0.1) is 0 Å². The van der Waals surface area contributed by atoms with Crippen LogP contribution in [0.2, 0.25) is 0 Å². The fraction of sp³-hybridized carbons (Fsp3) is 0.778. The van der Waals surface area contributed by atoms with Gasteiger partial charge in [0.1, 0.15) is 0 Å². The van der Waals surface area contributed by atoms with Crippen LogP contribution in [0.1, 0.15) is 20.3 Å². The van der Waals surface area contributed by atoms with Crippen LogP contribution in [-0.4, -0.2) is 25.3 Å². The van der Waals surface area contributed by atoms with Crippen LogP contribution in [0.5, 0.6) is 0 Å². The number of rotatable bonds is 5. The molecule has 6 heteroatoms. The molecule has 15 heavy (non-hydrogen) atoms. The van der Waals surface area contributed by atoms with Crippen molar-refractivity contribution < 1.29 is 26.7 Å². The third kappa shape index (κ3) is 4.15. The lowest BCUT2D eigenvalue weighted by Gasteiger charge is -2.20. The van der Waals surface area contributed by atoms with Crippen molar-refractivity contribution >= 4 is 0 Å². The van der Waals surface area contributed by atoms with Crippen LogP contribution < -0.4 is 0 Å². The van der Waals surface area contributed by atoms with Gasteiger partial charge in [-0.05, 0) is 13.3 Å². The second kappa shape index (κ2) is 5.44. The molecule has 0 heterocycles. The molecule has 0 atom stereocenters. The molecule has 1 nitrogen and oxygen atoms in total. The van der Waals surface area contributed by atoms with E-state index < -0.39 is 17.7 Å². The van der Waals surface area contributed by atoms with Crippen molar-refractivity contribution in [1.82, 2.24) is 0 Å². The quantitative estimate of drug-likeness (QED) is 0.400. The average Bonchev–Trinajstić information content (AvgIpc) is 2.10. The van der Waals surface area contributed by atoms with Gasteiger partial charge >= 0.3 is 12.1 Å². The lowest BCUT2D eigenvalue weighted by molar-refractivity contribution is -0.264. The SMILES string of the molecule is CCCOCC=C(C)C(F)(F)C(F)(F)F. The minimum atomic E-state index is -5.54. The molecule has 0 aliphatic carbocycles. The van der Waals surface area contributed by atoms with Gasteiger partial charge in [0.2, 0.25) is 0 Å². The lowest BCUT2D eigenvalue weighted by Crippen LogP contribution is -2.37.